The van der Waals surface area contributed by atoms with E-state index < -0.39 is 20.0 Å². The molecule has 0 aliphatic heterocycles. The van der Waals surface area contributed by atoms with E-state index in [0.29, 0.717) is 17.4 Å². The number of hydrogen-bond acceptors (Lipinski definition) is 6. The fraction of sp³-hybridized carbons (Fsp3) is 0.948. The van der Waals surface area contributed by atoms with Crippen molar-refractivity contribution in [1.29, 1.82) is 0 Å². The molecule has 0 spiro atoms. The van der Waals surface area contributed by atoms with E-state index in [2.05, 4.69) is 19.2 Å². The van der Waals surface area contributed by atoms with Gasteiger partial charge in [-0.05, 0) is 19.3 Å². The molecule has 0 aromatic heterocycles. The lowest BCUT2D eigenvalue weighted by Gasteiger charge is -2.29. The van der Waals surface area contributed by atoms with Gasteiger partial charge in [0.15, 0.2) is 0 Å². The number of aliphatic hydroxyl groups excluding tert-OH is 1. The molecule has 0 heterocycles. The Morgan fingerprint density at radius 2 is 0.806 bits per heavy atom. The average Bonchev–Trinajstić information content (AvgIpc) is 3.29. The Morgan fingerprint density at radius 3 is 1.12 bits per heavy atom. The zero-order valence-electron chi connectivity index (χ0n) is 45.6. The molecule has 9 heteroatoms. The second-order valence-corrected chi connectivity index (χ2v) is 23.1. The molecule has 67 heavy (non-hydrogen) atoms. The van der Waals surface area contributed by atoms with Crippen LogP contribution in [0, 0.1) is 0 Å². The Kier molecular flexibility index (Phi) is 49.6. The van der Waals surface area contributed by atoms with Crippen LogP contribution < -0.4 is 10.2 Å². The van der Waals surface area contributed by atoms with Crippen LogP contribution in [0.25, 0.3) is 0 Å². The van der Waals surface area contributed by atoms with Crippen molar-refractivity contribution in [2.75, 3.05) is 40.9 Å². The molecule has 0 aromatic rings. The number of nitrogens with one attached hydrogen (secondary N) is 1. The molecule has 2 N–H and O–H groups in total. The summed E-state index contributed by atoms with van der Waals surface area (Å²) in [7, 11) is 1.27. The summed E-state index contributed by atoms with van der Waals surface area (Å²) in [4.78, 5) is 25.3. The molecule has 0 aliphatic rings. The third kappa shape index (κ3) is 52.9. The minimum Gasteiger partial charge on any atom is -0.756 e. The zero-order chi connectivity index (χ0) is 49.2. The minimum atomic E-state index is -4.58. The Balaban J connectivity index is 3.80. The van der Waals surface area contributed by atoms with Gasteiger partial charge in [0.2, 0.25) is 5.91 Å². The number of quaternary nitrogens is 1. The van der Waals surface area contributed by atoms with Crippen molar-refractivity contribution in [2.45, 2.75) is 315 Å². The third-order valence-electron chi connectivity index (χ3n) is 13.7. The number of aliphatic hydroxyl groups is 1. The van der Waals surface area contributed by atoms with Crippen LogP contribution in [0.2, 0.25) is 0 Å². The maximum atomic E-state index is 12.9. The van der Waals surface area contributed by atoms with Gasteiger partial charge < -0.3 is 28.8 Å². The van der Waals surface area contributed by atoms with Gasteiger partial charge in [0.05, 0.1) is 39.9 Å². The monoisotopic (exact) mass is 969 g/mol. The summed E-state index contributed by atoms with van der Waals surface area (Å²) < 4.78 is 23.2. The summed E-state index contributed by atoms with van der Waals surface area (Å²) in [5.41, 5.74) is 0. The molecule has 1 amide bonds. The van der Waals surface area contributed by atoms with E-state index in [1.54, 1.807) is 6.08 Å². The Hall–Kier alpha value is -0.760. The van der Waals surface area contributed by atoms with E-state index in [1.807, 2.05) is 27.2 Å². The number of amides is 1. The number of carbonyl (C=O) groups is 1. The van der Waals surface area contributed by atoms with E-state index in [0.717, 1.165) is 38.5 Å². The number of phosphoric acid groups is 1. The number of rotatable bonds is 55. The highest BCUT2D eigenvalue weighted by Crippen LogP contribution is 2.38. The first-order valence-corrected chi connectivity index (χ1v) is 31.0. The van der Waals surface area contributed by atoms with Crippen LogP contribution in [0.15, 0.2) is 12.2 Å². The van der Waals surface area contributed by atoms with Crippen molar-refractivity contribution >= 4 is 13.7 Å². The molecule has 3 atom stereocenters. The van der Waals surface area contributed by atoms with Gasteiger partial charge in [-0.1, -0.05) is 289 Å². The highest BCUT2D eigenvalue weighted by atomic mass is 31.2. The molecular formula is C58H117N2O6P. The van der Waals surface area contributed by atoms with Crippen LogP contribution in [0.3, 0.4) is 0 Å². The number of likely N-dealkylation sites (N-methyl/N-ethyl adjacent to an activating group) is 1. The highest BCUT2D eigenvalue weighted by molar-refractivity contribution is 7.45. The predicted molar refractivity (Wildman–Crippen MR) is 289 cm³/mol. The summed E-state index contributed by atoms with van der Waals surface area (Å²) in [5.74, 6) is -0.194. The molecule has 0 aliphatic carbocycles. The highest BCUT2D eigenvalue weighted by Gasteiger charge is 2.23. The van der Waals surface area contributed by atoms with Gasteiger partial charge in [0.25, 0.3) is 7.82 Å². The molecule has 0 bridgehead atoms. The molecular weight excluding hydrogens is 852 g/mol. The number of hydrogen-bond donors (Lipinski definition) is 2. The Bertz CT molecular complexity index is 1100. The summed E-state index contributed by atoms with van der Waals surface area (Å²) in [6.45, 7) is 4.65. The average molecular weight is 970 g/mol. The first-order chi connectivity index (χ1) is 32.5. The second-order valence-electron chi connectivity index (χ2n) is 21.7. The van der Waals surface area contributed by atoms with Gasteiger partial charge in [0, 0.05) is 6.42 Å². The van der Waals surface area contributed by atoms with Crippen molar-refractivity contribution in [3.63, 3.8) is 0 Å². The van der Waals surface area contributed by atoms with Gasteiger partial charge in [-0.25, -0.2) is 0 Å². The predicted octanol–water partition coefficient (Wildman–Crippen LogP) is 17.2. The zero-order valence-corrected chi connectivity index (χ0v) is 46.5. The first-order valence-electron chi connectivity index (χ1n) is 29.6. The first kappa shape index (κ1) is 66.2. The molecule has 0 saturated carbocycles. The molecule has 8 nitrogen and oxygen atoms in total. The summed E-state index contributed by atoms with van der Waals surface area (Å²) in [6.07, 6.45) is 62.0. The van der Waals surface area contributed by atoms with Crippen LogP contribution in [-0.4, -0.2) is 68.5 Å². The van der Waals surface area contributed by atoms with Crippen LogP contribution in [-0.2, 0) is 18.4 Å². The Labute approximate surface area is 418 Å². The summed E-state index contributed by atoms with van der Waals surface area (Å²) >= 11 is 0. The smallest absolute Gasteiger partial charge is 0.268 e. The molecule has 0 rings (SSSR count). The van der Waals surface area contributed by atoms with Crippen molar-refractivity contribution in [2.24, 2.45) is 0 Å². The van der Waals surface area contributed by atoms with Gasteiger partial charge in [-0.2, -0.15) is 0 Å². The van der Waals surface area contributed by atoms with Gasteiger partial charge in [-0.15, -0.1) is 0 Å². The second kappa shape index (κ2) is 50.2. The van der Waals surface area contributed by atoms with E-state index in [9.17, 15) is 19.4 Å². The quantitative estimate of drug-likeness (QED) is 0.0272. The maximum Gasteiger partial charge on any atom is 0.268 e. The van der Waals surface area contributed by atoms with Crippen molar-refractivity contribution in [1.82, 2.24) is 5.32 Å². The van der Waals surface area contributed by atoms with E-state index >= 15 is 0 Å². The lowest BCUT2D eigenvalue weighted by Crippen LogP contribution is -2.45. The molecule has 0 fully saturated rings. The van der Waals surface area contributed by atoms with Crippen LogP contribution in [0.5, 0.6) is 0 Å². The van der Waals surface area contributed by atoms with E-state index in [-0.39, 0.29) is 19.1 Å². The topological polar surface area (TPSA) is 108 Å². The molecule has 3 unspecified atom stereocenters. The van der Waals surface area contributed by atoms with E-state index in [4.69, 9.17) is 9.05 Å². The minimum absolute atomic E-state index is 0.00195. The fourth-order valence-corrected chi connectivity index (χ4v) is 9.82. The van der Waals surface area contributed by atoms with Crippen molar-refractivity contribution < 1.29 is 32.9 Å². The standard InChI is InChI=1S/C58H117N2O6P/c1-6-8-10-12-14-16-17-18-19-20-21-22-23-24-25-26-27-28-29-30-31-32-33-34-35-36-37-38-39-40-41-42-44-46-48-50-52-58(62)59-56(55-66-67(63,64)65-54-53-60(3,4)5)57(61)51-49-47-45-43-15-13-11-9-7-2/h49,51,56-57,61H,6-48,50,52-55H2,1-5H3,(H-,59,62,63,64)/b51-49+. The van der Waals surface area contributed by atoms with Crippen LogP contribution in [0.4, 0.5) is 0 Å². The molecule has 0 aromatic carbocycles. The lowest BCUT2D eigenvalue weighted by molar-refractivity contribution is -0.870. The summed E-state index contributed by atoms with van der Waals surface area (Å²) in [6, 6.07) is -0.880. The SMILES string of the molecule is CCCCCCCCC/C=C/C(O)C(COP(=O)([O-])OCC[N+](C)(C)C)NC(=O)CCCCCCCCCCCCCCCCCCCCCCCCCCCCCCCCCCCCCC. The maximum absolute atomic E-state index is 12.9. The fourth-order valence-electron chi connectivity index (χ4n) is 9.10. The molecule has 0 radical (unpaired) electrons. The van der Waals surface area contributed by atoms with Crippen molar-refractivity contribution in [3.8, 4) is 0 Å². The van der Waals surface area contributed by atoms with Gasteiger partial charge >= 0.3 is 0 Å². The number of allylic oxidation sites excluding steroid dienone is 1. The Morgan fingerprint density at radius 1 is 0.507 bits per heavy atom. The third-order valence-corrected chi connectivity index (χ3v) is 14.7. The van der Waals surface area contributed by atoms with Gasteiger partial charge in [0.1, 0.15) is 13.2 Å². The summed E-state index contributed by atoms with van der Waals surface area (Å²) in [5, 5.41) is 13.8. The molecule has 0 saturated heterocycles. The van der Waals surface area contributed by atoms with Gasteiger partial charge in [-0.3, -0.25) is 9.36 Å². The van der Waals surface area contributed by atoms with Crippen LogP contribution in [0.1, 0.15) is 303 Å². The van der Waals surface area contributed by atoms with Crippen molar-refractivity contribution in [3.05, 3.63) is 12.2 Å². The number of unbranched alkanes of at least 4 members (excludes halogenated alkanes) is 42. The largest absolute Gasteiger partial charge is 0.756 e. The number of phosphoric ester groups is 1. The molecule has 400 valence electrons. The van der Waals surface area contributed by atoms with Crippen LogP contribution >= 0.6 is 7.82 Å². The number of nitrogens with zero attached hydrogens (tertiary/aromatic N) is 1. The number of carbonyl (C=O) groups excluding carboxylic acids is 1. The lowest BCUT2D eigenvalue weighted by atomic mass is 10.0. The van der Waals surface area contributed by atoms with E-state index in [1.165, 1.54) is 244 Å². The normalized spacial score (nSPS) is 14.0.